The van der Waals surface area contributed by atoms with Gasteiger partial charge in [-0.3, -0.25) is 4.79 Å². The summed E-state index contributed by atoms with van der Waals surface area (Å²) in [6.45, 7) is 2.38. The molecule has 0 bridgehead atoms. The van der Waals surface area contributed by atoms with Gasteiger partial charge in [0.25, 0.3) is 5.91 Å². The summed E-state index contributed by atoms with van der Waals surface area (Å²) in [6.07, 6.45) is 0. The first-order chi connectivity index (χ1) is 8.49. The lowest BCUT2D eigenvalue weighted by molar-refractivity contribution is 0.0963. The van der Waals surface area contributed by atoms with Crippen LogP contribution in [0.4, 0.5) is 11.4 Å². The van der Waals surface area contributed by atoms with Crippen LogP contribution < -0.4 is 16.0 Å². The van der Waals surface area contributed by atoms with Crippen LogP contribution in [0.1, 0.15) is 17.3 Å². The summed E-state index contributed by atoms with van der Waals surface area (Å²) >= 11 is 0. The van der Waals surface area contributed by atoms with Gasteiger partial charge in [-0.1, -0.05) is 0 Å². The maximum Gasteiger partial charge on any atom is 0.253 e. The molecule has 1 unspecified atom stereocenters. The third-order valence-corrected chi connectivity index (χ3v) is 2.67. The van der Waals surface area contributed by atoms with Crippen LogP contribution in [-0.4, -0.2) is 26.5 Å². The van der Waals surface area contributed by atoms with Crippen LogP contribution in [0.15, 0.2) is 18.2 Å². The van der Waals surface area contributed by atoms with Gasteiger partial charge in [0.05, 0.1) is 23.2 Å². The standard InChI is InChI=1S/C13H18N4O/c1-9(7-14)8-17(3)12-6-10(15)4-5-11(12)13(18)16-2/h4-6,9H,8,15H2,1-3H3,(H,16,18). The Morgan fingerprint density at radius 2 is 2.28 bits per heavy atom. The number of rotatable bonds is 4. The Labute approximate surface area is 107 Å². The minimum Gasteiger partial charge on any atom is -0.399 e. The Kier molecular flexibility index (Phi) is 4.55. The molecule has 0 saturated carbocycles. The number of nitrogens with one attached hydrogen (secondary N) is 1. The van der Waals surface area contributed by atoms with E-state index in [1.54, 1.807) is 25.2 Å². The number of anilines is 2. The zero-order valence-corrected chi connectivity index (χ0v) is 10.9. The zero-order chi connectivity index (χ0) is 13.7. The van der Waals surface area contributed by atoms with E-state index in [4.69, 9.17) is 11.0 Å². The number of hydrogen-bond donors (Lipinski definition) is 2. The van der Waals surface area contributed by atoms with Crippen LogP contribution >= 0.6 is 0 Å². The third kappa shape index (κ3) is 3.14. The van der Waals surface area contributed by atoms with E-state index in [9.17, 15) is 4.79 Å². The molecule has 1 aromatic carbocycles. The summed E-state index contributed by atoms with van der Waals surface area (Å²) in [5.74, 6) is -0.282. The predicted molar refractivity (Wildman–Crippen MR) is 72.3 cm³/mol. The van der Waals surface area contributed by atoms with Crippen molar-refractivity contribution in [3.63, 3.8) is 0 Å². The molecule has 1 atom stereocenters. The van der Waals surface area contributed by atoms with Crippen molar-refractivity contribution in [2.75, 3.05) is 31.3 Å². The number of nitrogens with zero attached hydrogens (tertiary/aromatic N) is 2. The number of nitrogen functional groups attached to an aromatic ring is 1. The van der Waals surface area contributed by atoms with Crippen molar-refractivity contribution in [3.8, 4) is 6.07 Å². The molecule has 0 saturated heterocycles. The molecule has 0 aliphatic rings. The van der Waals surface area contributed by atoms with Gasteiger partial charge in [-0.15, -0.1) is 0 Å². The summed E-state index contributed by atoms with van der Waals surface area (Å²) in [4.78, 5) is 13.6. The average Bonchev–Trinajstić information content (AvgIpc) is 2.37. The normalized spacial score (nSPS) is 11.4. The predicted octanol–water partition coefficient (Wildman–Crippen LogP) is 1.22. The van der Waals surface area contributed by atoms with E-state index in [1.165, 1.54) is 0 Å². The van der Waals surface area contributed by atoms with Crippen LogP contribution in [0, 0.1) is 17.2 Å². The second-order valence-electron chi connectivity index (χ2n) is 4.27. The number of benzene rings is 1. The molecule has 1 amide bonds. The Hall–Kier alpha value is -2.22. The highest BCUT2D eigenvalue weighted by Crippen LogP contribution is 2.23. The number of carbonyl (C=O) groups is 1. The van der Waals surface area contributed by atoms with E-state index in [2.05, 4.69) is 11.4 Å². The summed E-state index contributed by atoms with van der Waals surface area (Å²) in [7, 11) is 3.43. The quantitative estimate of drug-likeness (QED) is 0.783. The lowest BCUT2D eigenvalue weighted by atomic mass is 10.1. The number of carbonyl (C=O) groups excluding carboxylic acids is 1. The average molecular weight is 246 g/mol. The molecular weight excluding hydrogens is 228 g/mol. The van der Waals surface area contributed by atoms with Crippen molar-refractivity contribution in [1.29, 1.82) is 5.26 Å². The van der Waals surface area contributed by atoms with Crippen LogP contribution in [0.25, 0.3) is 0 Å². The van der Waals surface area contributed by atoms with E-state index in [-0.39, 0.29) is 11.8 Å². The van der Waals surface area contributed by atoms with Crippen molar-refractivity contribution in [1.82, 2.24) is 5.32 Å². The molecule has 96 valence electrons. The Morgan fingerprint density at radius 3 is 2.83 bits per heavy atom. The summed E-state index contributed by atoms with van der Waals surface area (Å²) in [5, 5.41) is 11.4. The lowest BCUT2D eigenvalue weighted by Gasteiger charge is -2.23. The second-order valence-corrected chi connectivity index (χ2v) is 4.27. The Morgan fingerprint density at radius 1 is 1.61 bits per heavy atom. The first-order valence-electron chi connectivity index (χ1n) is 5.72. The molecule has 0 aliphatic carbocycles. The van der Waals surface area contributed by atoms with Crippen LogP contribution in [0.3, 0.4) is 0 Å². The fourth-order valence-corrected chi connectivity index (χ4v) is 1.74. The molecule has 0 radical (unpaired) electrons. The molecule has 0 spiro atoms. The maximum atomic E-state index is 11.8. The molecule has 0 fully saturated rings. The number of nitriles is 1. The third-order valence-electron chi connectivity index (χ3n) is 2.67. The fourth-order valence-electron chi connectivity index (χ4n) is 1.74. The van der Waals surface area contributed by atoms with Gasteiger partial charge in [-0.25, -0.2) is 0 Å². The molecule has 1 aromatic rings. The van der Waals surface area contributed by atoms with Gasteiger partial charge in [0, 0.05) is 26.3 Å². The summed E-state index contributed by atoms with van der Waals surface area (Å²) < 4.78 is 0. The molecule has 0 aliphatic heterocycles. The van der Waals surface area contributed by atoms with E-state index in [1.807, 2.05) is 18.9 Å². The van der Waals surface area contributed by atoms with Gasteiger partial charge in [-0.2, -0.15) is 5.26 Å². The molecule has 18 heavy (non-hydrogen) atoms. The van der Waals surface area contributed by atoms with E-state index < -0.39 is 0 Å². The Balaban J connectivity index is 3.09. The smallest absolute Gasteiger partial charge is 0.253 e. The van der Waals surface area contributed by atoms with E-state index >= 15 is 0 Å². The van der Waals surface area contributed by atoms with E-state index in [0.717, 1.165) is 5.69 Å². The van der Waals surface area contributed by atoms with Crippen LogP contribution in [0.5, 0.6) is 0 Å². The van der Waals surface area contributed by atoms with Crippen molar-refractivity contribution in [2.45, 2.75) is 6.92 Å². The molecular formula is C13H18N4O. The van der Waals surface area contributed by atoms with Crippen LogP contribution in [0.2, 0.25) is 0 Å². The van der Waals surface area contributed by atoms with Gasteiger partial charge < -0.3 is 16.0 Å². The van der Waals surface area contributed by atoms with Gasteiger partial charge >= 0.3 is 0 Å². The van der Waals surface area contributed by atoms with Crippen molar-refractivity contribution >= 4 is 17.3 Å². The topological polar surface area (TPSA) is 82.2 Å². The minimum atomic E-state index is -0.165. The number of hydrogen-bond acceptors (Lipinski definition) is 4. The molecule has 0 heterocycles. The minimum absolute atomic E-state index is 0.117. The lowest BCUT2D eigenvalue weighted by Crippen LogP contribution is -2.27. The molecule has 5 nitrogen and oxygen atoms in total. The van der Waals surface area contributed by atoms with Gasteiger partial charge in [0.2, 0.25) is 0 Å². The monoisotopic (exact) mass is 246 g/mol. The largest absolute Gasteiger partial charge is 0.399 e. The summed E-state index contributed by atoms with van der Waals surface area (Å²) in [6, 6.07) is 7.30. The molecule has 3 N–H and O–H groups in total. The van der Waals surface area contributed by atoms with E-state index in [0.29, 0.717) is 17.8 Å². The van der Waals surface area contributed by atoms with Gasteiger partial charge in [0.1, 0.15) is 0 Å². The number of amides is 1. The molecule has 0 aromatic heterocycles. The van der Waals surface area contributed by atoms with Crippen molar-refractivity contribution in [3.05, 3.63) is 23.8 Å². The highest BCUT2D eigenvalue weighted by atomic mass is 16.1. The zero-order valence-electron chi connectivity index (χ0n) is 10.9. The first-order valence-corrected chi connectivity index (χ1v) is 5.72. The Bertz CT molecular complexity index is 478. The first kappa shape index (κ1) is 13.8. The van der Waals surface area contributed by atoms with Crippen molar-refractivity contribution < 1.29 is 4.79 Å². The SMILES string of the molecule is CNC(=O)c1ccc(N)cc1N(C)CC(C)C#N. The van der Waals surface area contributed by atoms with Crippen molar-refractivity contribution in [2.24, 2.45) is 5.92 Å². The highest BCUT2D eigenvalue weighted by molar-refractivity contribution is 6.00. The molecule has 1 rings (SSSR count). The molecule has 5 heteroatoms. The maximum absolute atomic E-state index is 11.8. The second kappa shape index (κ2) is 5.92. The fraction of sp³-hybridized carbons (Fsp3) is 0.385. The number of nitrogens with two attached hydrogens (primary N) is 1. The van der Waals surface area contributed by atoms with Gasteiger partial charge in [-0.05, 0) is 25.1 Å². The highest BCUT2D eigenvalue weighted by Gasteiger charge is 2.15. The summed E-state index contributed by atoms with van der Waals surface area (Å²) in [5.41, 5.74) is 7.63. The van der Waals surface area contributed by atoms with Gasteiger partial charge in [0.15, 0.2) is 0 Å². The van der Waals surface area contributed by atoms with Crippen LogP contribution in [-0.2, 0) is 0 Å².